The number of amides is 1. The van der Waals surface area contributed by atoms with Gasteiger partial charge >= 0.3 is 0 Å². The number of likely N-dealkylation sites (tertiary alicyclic amines) is 1. The summed E-state index contributed by atoms with van der Waals surface area (Å²) in [7, 11) is 0. The van der Waals surface area contributed by atoms with Gasteiger partial charge in [-0.25, -0.2) is 0 Å². The average Bonchev–Trinajstić information content (AvgIpc) is 2.87. The zero-order chi connectivity index (χ0) is 17.5. The lowest BCUT2D eigenvalue weighted by molar-refractivity contribution is -0.122. The van der Waals surface area contributed by atoms with Crippen LogP contribution in [0.1, 0.15) is 25.7 Å². The van der Waals surface area contributed by atoms with Gasteiger partial charge in [0.1, 0.15) is 0 Å². The number of benzene rings is 1. The summed E-state index contributed by atoms with van der Waals surface area (Å²) in [5.41, 5.74) is 1.87. The van der Waals surface area contributed by atoms with Gasteiger partial charge in [0.05, 0.1) is 12.1 Å². The minimum Gasteiger partial charge on any atom is -0.383 e. The number of hydrogen-bond acceptors (Lipinski definition) is 4. The molecule has 0 saturated carbocycles. The fraction of sp³-hybridized carbons (Fsp3) is 0.474. The smallest absolute Gasteiger partial charge is 0.234 e. The molecule has 1 fully saturated rings. The third kappa shape index (κ3) is 5.31. The standard InChI is InChI=1S/C19H25ClN4O/c20-15-5-6-16-17(7-8-21-18(16)13-15)22-9-10-23-19(25)14-24-11-3-1-2-4-12-24/h5-8,13H,1-4,9-12,14H2,(H,21,22)(H,23,25). The topological polar surface area (TPSA) is 57.3 Å². The van der Waals surface area contributed by atoms with Gasteiger partial charge in [-0.2, -0.15) is 0 Å². The normalized spacial score (nSPS) is 15.7. The van der Waals surface area contributed by atoms with Crippen molar-refractivity contribution in [1.29, 1.82) is 0 Å². The minimum atomic E-state index is 0.107. The number of anilines is 1. The molecule has 2 N–H and O–H groups in total. The predicted molar refractivity (Wildman–Crippen MR) is 103 cm³/mol. The van der Waals surface area contributed by atoms with Crippen molar-refractivity contribution in [3.63, 3.8) is 0 Å². The van der Waals surface area contributed by atoms with Crippen LogP contribution >= 0.6 is 11.6 Å². The van der Waals surface area contributed by atoms with Gasteiger partial charge in [-0.15, -0.1) is 0 Å². The van der Waals surface area contributed by atoms with Gasteiger partial charge in [-0.3, -0.25) is 14.7 Å². The number of nitrogens with zero attached hydrogens (tertiary/aromatic N) is 2. The Hall–Kier alpha value is -1.85. The molecule has 25 heavy (non-hydrogen) atoms. The van der Waals surface area contributed by atoms with E-state index in [9.17, 15) is 4.79 Å². The fourth-order valence-corrected chi connectivity index (χ4v) is 3.39. The Bertz CT molecular complexity index is 714. The second-order valence-electron chi connectivity index (χ2n) is 6.49. The number of rotatable bonds is 6. The van der Waals surface area contributed by atoms with Crippen LogP contribution < -0.4 is 10.6 Å². The zero-order valence-electron chi connectivity index (χ0n) is 14.4. The largest absolute Gasteiger partial charge is 0.383 e. The highest BCUT2D eigenvalue weighted by atomic mass is 35.5. The van der Waals surface area contributed by atoms with Crippen LogP contribution in [-0.2, 0) is 4.79 Å². The summed E-state index contributed by atoms with van der Waals surface area (Å²) in [5.74, 6) is 0.107. The van der Waals surface area contributed by atoms with Gasteiger partial charge in [-0.05, 0) is 50.2 Å². The third-order valence-electron chi connectivity index (χ3n) is 4.53. The molecule has 2 heterocycles. The van der Waals surface area contributed by atoms with Gasteiger partial charge in [0.25, 0.3) is 0 Å². The van der Waals surface area contributed by atoms with Crippen LogP contribution in [0.2, 0.25) is 5.02 Å². The van der Waals surface area contributed by atoms with Gasteiger partial charge in [0.15, 0.2) is 0 Å². The summed E-state index contributed by atoms with van der Waals surface area (Å²) in [5, 5.41) is 8.07. The molecule has 0 bridgehead atoms. The van der Waals surface area contributed by atoms with Gasteiger partial charge in [0.2, 0.25) is 5.91 Å². The Morgan fingerprint density at radius 1 is 1.12 bits per heavy atom. The van der Waals surface area contributed by atoms with Crippen LogP contribution in [0.5, 0.6) is 0 Å². The van der Waals surface area contributed by atoms with E-state index in [1.54, 1.807) is 6.20 Å². The van der Waals surface area contributed by atoms with Crippen LogP contribution in [0, 0.1) is 0 Å². The van der Waals surface area contributed by atoms with Crippen molar-refractivity contribution in [3.05, 3.63) is 35.5 Å². The molecule has 1 aromatic heterocycles. The minimum absolute atomic E-state index is 0.107. The van der Waals surface area contributed by atoms with Crippen molar-refractivity contribution in [2.45, 2.75) is 25.7 Å². The van der Waals surface area contributed by atoms with E-state index >= 15 is 0 Å². The monoisotopic (exact) mass is 360 g/mol. The van der Waals surface area contributed by atoms with Crippen LogP contribution in [0.3, 0.4) is 0 Å². The summed E-state index contributed by atoms with van der Waals surface area (Å²) >= 11 is 6.01. The Morgan fingerprint density at radius 2 is 1.92 bits per heavy atom. The maximum atomic E-state index is 12.1. The lowest BCUT2D eigenvalue weighted by Crippen LogP contribution is -2.39. The summed E-state index contributed by atoms with van der Waals surface area (Å²) in [4.78, 5) is 18.7. The number of fused-ring (bicyclic) bond motifs is 1. The molecule has 0 unspecified atom stereocenters. The van der Waals surface area contributed by atoms with Gasteiger partial charge in [0, 0.05) is 35.4 Å². The fourth-order valence-electron chi connectivity index (χ4n) is 3.23. The van der Waals surface area contributed by atoms with Gasteiger partial charge in [-0.1, -0.05) is 24.4 Å². The van der Waals surface area contributed by atoms with E-state index in [4.69, 9.17) is 11.6 Å². The van der Waals surface area contributed by atoms with Crippen molar-refractivity contribution in [2.75, 3.05) is 38.0 Å². The SMILES string of the molecule is O=C(CN1CCCCCC1)NCCNc1ccnc2cc(Cl)ccc12. The first-order chi connectivity index (χ1) is 12.2. The molecule has 1 aliphatic heterocycles. The second-order valence-corrected chi connectivity index (χ2v) is 6.92. The third-order valence-corrected chi connectivity index (χ3v) is 4.77. The molecule has 1 amide bonds. The average molecular weight is 361 g/mol. The van der Waals surface area contributed by atoms with Crippen LogP contribution in [-0.4, -0.2) is 48.5 Å². The number of hydrogen-bond donors (Lipinski definition) is 2. The maximum absolute atomic E-state index is 12.1. The first kappa shape index (κ1) is 18.0. The van der Waals surface area contributed by atoms with Gasteiger partial charge < -0.3 is 10.6 Å². The Kier molecular flexibility index (Phi) is 6.48. The molecule has 6 heteroatoms. The van der Waals surface area contributed by atoms with Crippen LogP contribution in [0.25, 0.3) is 10.9 Å². The quantitative estimate of drug-likeness (QED) is 0.776. The Balaban J connectivity index is 1.44. The zero-order valence-corrected chi connectivity index (χ0v) is 15.2. The molecule has 134 valence electrons. The lowest BCUT2D eigenvalue weighted by Gasteiger charge is -2.19. The van der Waals surface area contributed by atoms with E-state index < -0.39 is 0 Å². The van der Waals surface area contributed by atoms with Crippen LogP contribution in [0.15, 0.2) is 30.5 Å². The second kappa shape index (κ2) is 9.02. The molecule has 5 nitrogen and oxygen atoms in total. The summed E-state index contributed by atoms with van der Waals surface area (Å²) in [6.45, 7) is 3.86. The van der Waals surface area contributed by atoms with Crippen molar-refractivity contribution in [3.8, 4) is 0 Å². The van der Waals surface area contributed by atoms with E-state index in [0.717, 1.165) is 29.7 Å². The molecule has 1 saturated heterocycles. The maximum Gasteiger partial charge on any atom is 0.234 e. The molecule has 1 aliphatic rings. The molecule has 1 aromatic carbocycles. The number of halogens is 1. The van der Waals surface area contributed by atoms with Crippen LogP contribution in [0.4, 0.5) is 5.69 Å². The highest BCUT2D eigenvalue weighted by Crippen LogP contribution is 2.24. The number of carbonyl (C=O) groups is 1. The van der Waals surface area contributed by atoms with Crippen molar-refractivity contribution >= 4 is 34.1 Å². The Morgan fingerprint density at radius 3 is 2.72 bits per heavy atom. The molecule has 2 aromatic rings. The predicted octanol–water partition coefficient (Wildman–Crippen LogP) is 3.29. The van der Waals surface area contributed by atoms with Crippen molar-refractivity contribution in [1.82, 2.24) is 15.2 Å². The molecule has 3 rings (SSSR count). The van der Waals surface area contributed by atoms with Crippen molar-refractivity contribution in [2.24, 2.45) is 0 Å². The molecule has 0 spiro atoms. The van der Waals surface area contributed by atoms with E-state index in [2.05, 4.69) is 20.5 Å². The van der Waals surface area contributed by atoms with E-state index in [1.807, 2.05) is 24.3 Å². The summed E-state index contributed by atoms with van der Waals surface area (Å²) < 4.78 is 0. The molecular weight excluding hydrogens is 336 g/mol. The first-order valence-electron chi connectivity index (χ1n) is 8.99. The molecule has 0 radical (unpaired) electrons. The number of nitrogens with one attached hydrogen (secondary N) is 2. The summed E-state index contributed by atoms with van der Waals surface area (Å²) in [6, 6.07) is 7.62. The number of pyridine rings is 1. The molecule has 0 aliphatic carbocycles. The van der Waals surface area contributed by atoms with Crippen molar-refractivity contribution < 1.29 is 4.79 Å². The summed E-state index contributed by atoms with van der Waals surface area (Å²) in [6.07, 6.45) is 6.74. The van der Waals surface area contributed by atoms with E-state index in [1.165, 1.54) is 25.7 Å². The Labute approximate surface area is 153 Å². The number of aromatic nitrogens is 1. The lowest BCUT2D eigenvalue weighted by atomic mass is 10.2. The number of carbonyl (C=O) groups excluding carboxylic acids is 1. The molecule has 0 atom stereocenters. The first-order valence-corrected chi connectivity index (χ1v) is 9.37. The molecular formula is C19H25ClN4O. The van der Waals surface area contributed by atoms with E-state index in [-0.39, 0.29) is 5.91 Å². The highest BCUT2D eigenvalue weighted by Gasteiger charge is 2.12. The highest BCUT2D eigenvalue weighted by molar-refractivity contribution is 6.31. The van der Waals surface area contributed by atoms with E-state index in [0.29, 0.717) is 24.7 Å².